The first-order chi connectivity index (χ1) is 15.6. The minimum Gasteiger partial charge on any atom is -0.507 e. The lowest BCUT2D eigenvalue weighted by atomic mass is 10.0. The van der Waals surface area contributed by atoms with E-state index in [1.807, 2.05) is 29.2 Å². The van der Waals surface area contributed by atoms with Gasteiger partial charge < -0.3 is 20.4 Å². The van der Waals surface area contributed by atoms with Crippen LogP contribution in [0, 0.1) is 0 Å². The van der Waals surface area contributed by atoms with Gasteiger partial charge in [0, 0.05) is 24.5 Å². The van der Waals surface area contributed by atoms with Crippen LogP contribution in [0.15, 0.2) is 48.5 Å². The third-order valence-corrected chi connectivity index (χ3v) is 5.85. The number of halogens is 3. The fourth-order valence-corrected chi connectivity index (χ4v) is 3.77. The Morgan fingerprint density at radius 3 is 2.36 bits per heavy atom. The zero-order valence-electron chi connectivity index (χ0n) is 17.8. The number of fused-ring (bicyclic) bond motifs is 1. The Morgan fingerprint density at radius 1 is 1.06 bits per heavy atom. The van der Waals surface area contributed by atoms with Crippen molar-refractivity contribution in [3.8, 4) is 17.1 Å². The van der Waals surface area contributed by atoms with Crippen LogP contribution in [0.3, 0.4) is 0 Å². The number of para-hydroxylation sites is 2. The van der Waals surface area contributed by atoms with Crippen LogP contribution in [0.4, 0.5) is 19.0 Å². The number of aliphatic hydroxyl groups is 1. The maximum absolute atomic E-state index is 12.9. The summed E-state index contributed by atoms with van der Waals surface area (Å²) >= 11 is 0. The van der Waals surface area contributed by atoms with Crippen molar-refractivity contribution in [2.45, 2.75) is 37.6 Å². The summed E-state index contributed by atoms with van der Waals surface area (Å²) in [5, 5.41) is 22.9. The van der Waals surface area contributed by atoms with E-state index < -0.39 is 23.7 Å². The highest BCUT2D eigenvalue weighted by molar-refractivity contribution is 5.91. The van der Waals surface area contributed by atoms with E-state index in [0.717, 1.165) is 5.39 Å². The van der Waals surface area contributed by atoms with Gasteiger partial charge in [0.15, 0.2) is 5.82 Å². The van der Waals surface area contributed by atoms with Gasteiger partial charge in [0.05, 0.1) is 11.1 Å². The first-order valence-corrected chi connectivity index (χ1v) is 10.5. The molecule has 7 nitrogen and oxygen atoms in total. The monoisotopic (exact) mass is 460 g/mol. The third kappa shape index (κ3) is 4.43. The summed E-state index contributed by atoms with van der Waals surface area (Å²) in [4.78, 5) is 23.3. The molecule has 1 fully saturated rings. The summed E-state index contributed by atoms with van der Waals surface area (Å²) < 4.78 is 38.8. The van der Waals surface area contributed by atoms with Gasteiger partial charge in [0.1, 0.15) is 11.6 Å². The number of benzene rings is 2. The van der Waals surface area contributed by atoms with Crippen LogP contribution in [0.5, 0.6) is 5.75 Å². The molecular weight excluding hydrogens is 437 g/mol. The standard InChI is InChI=1S/C23H23F3N4O3/c1-22(33,23(24,25)26)21(32)27-14-10-12-30(13-11-14)20-15-6-2-4-8-17(15)28-19(29-20)16-7-3-5-9-18(16)31/h2-9,14,31,33H,10-13H2,1H3,(H,27,32). The number of aromatic hydroxyl groups is 1. The normalized spacial score (nSPS) is 17.1. The second kappa shape index (κ2) is 8.51. The van der Waals surface area contributed by atoms with Crippen molar-refractivity contribution in [1.82, 2.24) is 15.3 Å². The van der Waals surface area contributed by atoms with Crippen molar-refractivity contribution in [2.75, 3.05) is 18.0 Å². The summed E-state index contributed by atoms with van der Waals surface area (Å²) in [6, 6.07) is 13.7. The number of hydrogen-bond donors (Lipinski definition) is 3. The number of nitrogens with one attached hydrogen (secondary N) is 1. The number of aromatic nitrogens is 2. The summed E-state index contributed by atoms with van der Waals surface area (Å²) in [5.41, 5.74) is -2.27. The lowest BCUT2D eigenvalue weighted by molar-refractivity contribution is -0.245. The second-order valence-corrected chi connectivity index (χ2v) is 8.21. The SMILES string of the molecule is CC(O)(C(=O)NC1CCN(c2nc(-c3ccccc3O)nc3ccccc23)CC1)C(F)(F)F. The first kappa shape index (κ1) is 22.8. The molecular formula is C23H23F3N4O3. The number of alkyl halides is 3. The Kier molecular flexibility index (Phi) is 5.87. The molecule has 3 N–H and O–H groups in total. The highest BCUT2D eigenvalue weighted by Crippen LogP contribution is 2.33. The Balaban J connectivity index is 1.56. The molecule has 0 aliphatic carbocycles. The molecule has 33 heavy (non-hydrogen) atoms. The molecule has 1 amide bonds. The maximum Gasteiger partial charge on any atom is 0.426 e. The quantitative estimate of drug-likeness (QED) is 0.552. The molecule has 1 unspecified atom stereocenters. The van der Waals surface area contributed by atoms with Gasteiger partial charge >= 0.3 is 6.18 Å². The highest BCUT2D eigenvalue weighted by atomic mass is 19.4. The second-order valence-electron chi connectivity index (χ2n) is 8.21. The molecule has 0 bridgehead atoms. The molecule has 2 heterocycles. The molecule has 1 aliphatic rings. The van der Waals surface area contributed by atoms with Crippen LogP contribution >= 0.6 is 0 Å². The van der Waals surface area contributed by atoms with Crippen molar-refractivity contribution in [2.24, 2.45) is 0 Å². The molecule has 0 radical (unpaired) electrons. The molecule has 0 saturated carbocycles. The molecule has 4 rings (SSSR count). The highest BCUT2D eigenvalue weighted by Gasteiger charge is 2.56. The zero-order valence-corrected chi connectivity index (χ0v) is 17.8. The number of phenols is 1. The zero-order chi connectivity index (χ0) is 23.8. The van der Waals surface area contributed by atoms with Crippen LogP contribution in [-0.4, -0.2) is 57.0 Å². The topological polar surface area (TPSA) is 98.6 Å². The number of carbonyl (C=O) groups is 1. The Labute approximate surface area is 187 Å². The number of rotatable bonds is 4. The van der Waals surface area contributed by atoms with Gasteiger partial charge in [-0.15, -0.1) is 0 Å². The molecule has 0 spiro atoms. The largest absolute Gasteiger partial charge is 0.507 e. The lowest BCUT2D eigenvalue weighted by Gasteiger charge is -2.35. The van der Waals surface area contributed by atoms with Crippen molar-refractivity contribution in [3.05, 3.63) is 48.5 Å². The van der Waals surface area contributed by atoms with E-state index in [-0.39, 0.29) is 5.75 Å². The van der Waals surface area contributed by atoms with E-state index in [4.69, 9.17) is 4.98 Å². The van der Waals surface area contributed by atoms with E-state index in [1.165, 1.54) is 0 Å². The Hall–Kier alpha value is -3.40. The molecule has 3 aromatic rings. The summed E-state index contributed by atoms with van der Waals surface area (Å²) in [6.45, 7) is 1.31. The van der Waals surface area contributed by atoms with Crippen molar-refractivity contribution >= 4 is 22.6 Å². The molecule has 174 valence electrons. The van der Waals surface area contributed by atoms with Crippen molar-refractivity contribution in [1.29, 1.82) is 0 Å². The van der Waals surface area contributed by atoms with Gasteiger partial charge in [0.25, 0.3) is 5.91 Å². The fraction of sp³-hybridized carbons (Fsp3) is 0.348. The van der Waals surface area contributed by atoms with Gasteiger partial charge in [-0.3, -0.25) is 4.79 Å². The van der Waals surface area contributed by atoms with E-state index in [2.05, 4.69) is 10.3 Å². The first-order valence-electron chi connectivity index (χ1n) is 10.5. The fourth-order valence-electron chi connectivity index (χ4n) is 3.77. The number of carbonyl (C=O) groups excluding carboxylic acids is 1. The van der Waals surface area contributed by atoms with E-state index in [1.54, 1.807) is 24.3 Å². The van der Waals surface area contributed by atoms with Gasteiger partial charge in [-0.1, -0.05) is 24.3 Å². The summed E-state index contributed by atoms with van der Waals surface area (Å²) in [7, 11) is 0. The Bertz CT molecular complexity index is 1180. The molecule has 2 aromatic carbocycles. The van der Waals surface area contributed by atoms with Crippen LogP contribution < -0.4 is 10.2 Å². The minimum atomic E-state index is -5.06. The van der Waals surface area contributed by atoms with Crippen LogP contribution in [0.1, 0.15) is 19.8 Å². The lowest BCUT2D eigenvalue weighted by Crippen LogP contribution is -2.58. The third-order valence-electron chi connectivity index (χ3n) is 5.85. The molecule has 10 heteroatoms. The number of nitrogens with zero attached hydrogens (tertiary/aromatic N) is 3. The van der Waals surface area contributed by atoms with Crippen molar-refractivity contribution in [3.63, 3.8) is 0 Å². The summed E-state index contributed by atoms with van der Waals surface area (Å²) in [5.74, 6) is -0.399. The summed E-state index contributed by atoms with van der Waals surface area (Å²) in [6.07, 6.45) is -4.30. The molecule has 1 aromatic heterocycles. The van der Waals surface area contributed by atoms with Gasteiger partial charge in [-0.25, -0.2) is 9.97 Å². The van der Waals surface area contributed by atoms with Gasteiger partial charge in [-0.05, 0) is 44.0 Å². The van der Waals surface area contributed by atoms with Crippen LogP contribution in [-0.2, 0) is 4.79 Å². The van der Waals surface area contributed by atoms with E-state index in [0.29, 0.717) is 55.6 Å². The minimum absolute atomic E-state index is 0.0527. The van der Waals surface area contributed by atoms with Gasteiger partial charge in [-0.2, -0.15) is 13.2 Å². The average Bonchev–Trinajstić information content (AvgIpc) is 2.78. The van der Waals surface area contributed by atoms with Crippen LogP contribution in [0.25, 0.3) is 22.3 Å². The predicted octanol–water partition coefficient (Wildman–Crippen LogP) is 3.40. The predicted molar refractivity (Wildman–Crippen MR) is 117 cm³/mol. The van der Waals surface area contributed by atoms with E-state index >= 15 is 0 Å². The molecule has 1 aliphatic heterocycles. The van der Waals surface area contributed by atoms with E-state index in [9.17, 15) is 28.2 Å². The number of anilines is 1. The van der Waals surface area contributed by atoms with Crippen molar-refractivity contribution < 1.29 is 28.2 Å². The smallest absolute Gasteiger partial charge is 0.426 e. The van der Waals surface area contributed by atoms with Crippen LogP contribution in [0.2, 0.25) is 0 Å². The maximum atomic E-state index is 12.9. The molecule has 1 atom stereocenters. The molecule has 1 saturated heterocycles. The number of phenolic OH excluding ortho intramolecular Hbond substituents is 1. The Morgan fingerprint density at radius 2 is 1.70 bits per heavy atom. The van der Waals surface area contributed by atoms with Gasteiger partial charge in [0.2, 0.25) is 5.60 Å². The average molecular weight is 460 g/mol. The number of hydrogen-bond acceptors (Lipinski definition) is 6. The number of piperidine rings is 1. The number of amides is 1.